The molecule has 1 heterocycles. The summed E-state index contributed by atoms with van der Waals surface area (Å²) in [7, 11) is 0. The van der Waals surface area contributed by atoms with Crippen molar-refractivity contribution in [2.45, 2.75) is 36.3 Å². The molecule has 0 aromatic carbocycles. The highest BCUT2D eigenvalue weighted by molar-refractivity contribution is 7.99. The zero-order chi connectivity index (χ0) is 9.86. The number of hydrogen-bond acceptors (Lipinski definition) is 4. The van der Waals surface area contributed by atoms with Gasteiger partial charge in [-0.3, -0.25) is 4.98 Å². The molecule has 1 aromatic heterocycles. The molecule has 0 atom stereocenters. The van der Waals surface area contributed by atoms with Gasteiger partial charge in [-0.05, 0) is 12.8 Å². The second-order valence-electron chi connectivity index (χ2n) is 3.76. The fourth-order valence-corrected chi connectivity index (χ4v) is 2.72. The van der Waals surface area contributed by atoms with E-state index >= 15 is 0 Å². The fourth-order valence-electron chi connectivity index (χ4n) is 1.75. The van der Waals surface area contributed by atoms with Crippen LogP contribution in [0.5, 0.6) is 0 Å². The van der Waals surface area contributed by atoms with Gasteiger partial charge in [-0.2, -0.15) is 0 Å². The second-order valence-corrected chi connectivity index (χ2v) is 4.76. The first-order chi connectivity index (χ1) is 6.79. The quantitative estimate of drug-likeness (QED) is 0.774. The Morgan fingerprint density at radius 1 is 1.36 bits per heavy atom. The second kappa shape index (κ2) is 4.28. The average molecular weight is 210 g/mol. The largest absolute Gasteiger partial charge is 0.389 e. The van der Waals surface area contributed by atoms with Crippen LogP contribution in [0.2, 0.25) is 0 Å². The maximum absolute atomic E-state index is 10.1. The van der Waals surface area contributed by atoms with Crippen LogP contribution in [0.3, 0.4) is 0 Å². The third-order valence-corrected chi connectivity index (χ3v) is 3.75. The van der Waals surface area contributed by atoms with Crippen LogP contribution in [0.25, 0.3) is 0 Å². The average Bonchev–Trinajstić information content (AvgIpc) is 2.65. The van der Waals surface area contributed by atoms with E-state index in [1.165, 1.54) is 0 Å². The van der Waals surface area contributed by atoms with Crippen LogP contribution in [0.1, 0.15) is 25.7 Å². The van der Waals surface area contributed by atoms with Gasteiger partial charge in [0.1, 0.15) is 5.03 Å². The van der Waals surface area contributed by atoms with Crippen molar-refractivity contribution >= 4 is 11.8 Å². The molecule has 14 heavy (non-hydrogen) atoms. The summed E-state index contributed by atoms with van der Waals surface area (Å²) in [6.07, 6.45) is 9.24. The number of rotatable bonds is 3. The molecule has 0 unspecified atom stereocenters. The summed E-state index contributed by atoms with van der Waals surface area (Å²) in [5.41, 5.74) is -0.456. The van der Waals surface area contributed by atoms with Crippen molar-refractivity contribution in [1.82, 2.24) is 9.97 Å². The summed E-state index contributed by atoms with van der Waals surface area (Å²) >= 11 is 1.59. The monoisotopic (exact) mass is 210 g/mol. The van der Waals surface area contributed by atoms with Crippen molar-refractivity contribution in [3.05, 3.63) is 18.6 Å². The predicted octanol–water partition coefficient (Wildman–Crippen LogP) is 1.87. The van der Waals surface area contributed by atoms with E-state index in [2.05, 4.69) is 9.97 Å². The van der Waals surface area contributed by atoms with Crippen LogP contribution in [0.15, 0.2) is 23.6 Å². The molecule has 1 aliphatic carbocycles. The van der Waals surface area contributed by atoms with E-state index in [0.29, 0.717) is 0 Å². The van der Waals surface area contributed by atoms with E-state index in [4.69, 9.17) is 0 Å². The molecule has 0 radical (unpaired) electrons. The van der Waals surface area contributed by atoms with Crippen molar-refractivity contribution in [1.29, 1.82) is 0 Å². The number of thioether (sulfide) groups is 1. The van der Waals surface area contributed by atoms with E-state index in [1.807, 2.05) is 0 Å². The van der Waals surface area contributed by atoms with Gasteiger partial charge in [0.25, 0.3) is 0 Å². The Hall–Kier alpha value is -0.610. The first kappa shape index (κ1) is 9.93. The van der Waals surface area contributed by atoms with Crippen LogP contribution < -0.4 is 0 Å². The Bertz CT molecular complexity index is 285. The van der Waals surface area contributed by atoms with Crippen molar-refractivity contribution in [2.24, 2.45) is 0 Å². The van der Waals surface area contributed by atoms with Gasteiger partial charge in [0.2, 0.25) is 0 Å². The lowest BCUT2D eigenvalue weighted by atomic mass is 10.1. The van der Waals surface area contributed by atoms with Gasteiger partial charge in [0, 0.05) is 18.1 Å². The van der Waals surface area contributed by atoms with Crippen molar-refractivity contribution < 1.29 is 5.11 Å². The highest BCUT2D eigenvalue weighted by Gasteiger charge is 2.30. The maximum Gasteiger partial charge on any atom is 0.114 e. The summed E-state index contributed by atoms with van der Waals surface area (Å²) in [6, 6.07) is 0. The van der Waals surface area contributed by atoms with Gasteiger partial charge < -0.3 is 5.11 Å². The van der Waals surface area contributed by atoms with E-state index in [9.17, 15) is 5.11 Å². The minimum absolute atomic E-state index is 0.456. The summed E-state index contributed by atoms with van der Waals surface area (Å²) < 4.78 is 0. The van der Waals surface area contributed by atoms with E-state index in [1.54, 1.807) is 30.4 Å². The minimum atomic E-state index is -0.456. The van der Waals surface area contributed by atoms with Crippen LogP contribution in [0.4, 0.5) is 0 Å². The summed E-state index contributed by atoms with van der Waals surface area (Å²) in [4.78, 5) is 8.15. The van der Waals surface area contributed by atoms with Crippen molar-refractivity contribution in [3.8, 4) is 0 Å². The molecule has 1 N–H and O–H groups in total. The topological polar surface area (TPSA) is 46.0 Å². The molecule has 0 bridgehead atoms. The molecule has 0 amide bonds. The van der Waals surface area contributed by atoms with E-state index < -0.39 is 5.60 Å². The minimum Gasteiger partial charge on any atom is -0.389 e. The van der Waals surface area contributed by atoms with Crippen LogP contribution in [0, 0.1) is 0 Å². The third-order valence-electron chi connectivity index (χ3n) is 2.56. The van der Waals surface area contributed by atoms with Gasteiger partial charge in [0.15, 0.2) is 0 Å². The standard InChI is InChI=1S/C10H14N2OS/c13-10(3-1-2-4-10)8-14-9-7-11-5-6-12-9/h5-7,13H,1-4,8H2. The number of aromatic nitrogens is 2. The van der Waals surface area contributed by atoms with Crippen LogP contribution in [-0.2, 0) is 0 Å². The van der Waals surface area contributed by atoms with E-state index in [0.717, 1.165) is 36.5 Å². The molecule has 1 fully saturated rings. The molecule has 4 heteroatoms. The molecule has 2 rings (SSSR count). The Kier molecular flexibility index (Phi) is 3.03. The zero-order valence-corrected chi connectivity index (χ0v) is 8.83. The lowest BCUT2D eigenvalue weighted by Crippen LogP contribution is -2.27. The molecule has 0 aliphatic heterocycles. The van der Waals surface area contributed by atoms with Gasteiger partial charge in [-0.15, -0.1) is 11.8 Å². The maximum atomic E-state index is 10.1. The lowest BCUT2D eigenvalue weighted by Gasteiger charge is -2.20. The molecule has 1 saturated carbocycles. The van der Waals surface area contributed by atoms with Gasteiger partial charge in [0.05, 0.1) is 11.8 Å². The molecule has 3 nitrogen and oxygen atoms in total. The van der Waals surface area contributed by atoms with Gasteiger partial charge >= 0.3 is 0 Å². The van der Waals surface area contributed by atoms with E-state index in [-0.39, 0.29) is 0 Å². The predicted molar refractivity (Wildman–Crippen MR) is 56.2 cm³/mol. The number of aliphatic hydroxyl groups is 1. The molecular weight excluding hydrogens is 196 g/mol. The molecule has 76 valence electrons. The Labute approximate surface area is 88.0 Å². The van der Waals surface area contributed by atoms with Crippen molar-refractivity contribution in [3.63, 3.8) is 0 Å². The fraction of sp³-hybridized carbons (Fsp3) is 0.600. The Morgan fingerprint density at radius 2 is 2.14 bits per heavy atom. The SMILES string of the molecule is OC1(CSc2cnccn2)CCCC1. The first-order valence-corrected chi connectivity index (χ1v) is 5.88. The van der Waals surface area contributed by atoms with Crippen LogP contribution in [-0.4, -0.2) is 26.4 Å². The first-order valence-electron chi connectivity index (χ1n) is 4.90. The Morgan fingerprint density at radius 3 is 2.79 bits per heavy atom. The summed E-state index contributed by atoms with van der Waals surface area (Å²) in [5, 5.41) is 11.0. The van der Waals surface area contributed by atoms with Gasteiger partial charge in [-0.1, -0.05) is 12.8 Å². The highest BCUT2D eigenvalue weighted by Crippen LogP contribution is 2.33. The molecule has 1 aliphatic rings. The van der Waals surface area contributed by atoms with Gasteiger partial charge in [-0.25, -0.2) is 4.98 Å². The van der Waals surface area contributed by atoms with Crippen LogP contribution >= 0.6 is 11.8 Å². The Balaban J connectivity index is 1.88. The number of nitrogens with zero attached hydrogens (tertiary/aromatic N) is 2. The molecule has 0 spiro atoms. The summed E-state index contributed by atoms with van der Waals surface area (Å²) in [6.45, 7) is 0. The lowest BCUT2D eigenvalue weighted by molar-refractivity contribution is 0.0732. The third kappa shape index (κ3) is 2.45. The molecular formula is C10H14N2OS. The number of hydrogen-bond donors (Lipinski definition) is 1. The highest BCUT2D eigenvalue weighted by atomic mass is 32.2. The normalized spacial score (nSPS) is 19.8. The smallest absolute Gasteiger partial charge is 0.114 e. The van der Waals surface area contributed by atoms with Crippen molar-refractivity contribution in [2.75, 3.05) is 5.75 Å². The summed E-state index contributed by atoms with van der Waals surface area (Å²) in [5.74, 6) is 0.742. The molecule has 0 saturated heterocycles. The zero-order valence-electron chi connectivity index (χ0n) is 8.02. The molecule has 1 aromatic rings.